The molecule has 0 unspecified atom stereocenters. The summed E-state index contributed by atoms with van der Waals surface area (Å²) in [5.41, 5.74) is 5.17. The quantitative estimate of drug-likeness (QED) is 0.231. The third-order valence-corrected chi connectivity index (χ3v) is 6.69. The van der Waals surface area contributed by atoms with E-state index in [0.29, 0.717) is 42.6 Å². The molecule has 1 aliphatic heterocycles. The second kappa shape index (κ2) is 9.83. The van der Waals surface area contributed by atoms with E-state index in [0.717, 1.165) is 14.0 Å². The van der Waals surface area contributed by atoms with Gasteiger partial charge in [0.15, 0.2) is 5.11 Å². The van der Waals surface area contributed by atoms with Crippen molar-refractivity contribution >= 4 is 62.9 Å². The Kier molecular flexibility index (Phi) is 7.44. The number of piperazine rings is 1. The largest absolute Gasteiger partial charge is 0.506 e. The Morgan fingerprint density at radius 2 is 1.93 bits per heavy atom. The van der Waals surface area contributed by atoms with Gasteiger partial charge in [0.05, 0.1) is 22.7 Å². The Bertz CT molecular complexity index is 922. The van der Waals surface area contributed by atoms with Crippen LogP contribution in [0.2, 0.25) is 0 Å². The minimum atomic E-state index is -0.820. The van der Waals surface area contributed by atoms with E-state index < -0.39 is 5.97 Å². The molecule has 1 saturated heterocycles. The van der Waals surface area contributed by atoms with E-state index in [2.05, 4.69) is 33.1 Å². The Morgan fingerprint density at radius 1 is 1.28 bits per heavy atom. The molecular weight excluding hydrogens is 523 g/mol. The number of rotatable bonds is 5. The van der Waals surface area contributed by atoms with Crippen molar-refractivity contribution in [1.82, 2.24) is 15.2 Å². The topological polar surface area (TPSA) is 88.4 Å². The van der Waals surface area contributed by atoms with Gasteiger partial charge in [-0.15, -0.1) is 11.3 Å². The number of carboxylic acid groups (broad SMARTS) is 1. The van der Waals surface area contributed by atoms with E-state index in [1.165, 1.54) is 11.3 Å². The van der Waals surface area contributed by atoms with Crippen LogP contribution in [0.15, 0.2) is 34.7 Å². The van der Waals surface area contributed by atoms with Gasteiger partial charge in [0.2, 0.25) is 0 Å². The normalized spacial score (nSPS) is 15.4. The first-order valence-corrected chi connectivity index (χ1v) is 11.3. The third kappa shape index (κ3) is 5.65. The molecule has 0 spiro atoms. The summed E-state index contributed by atoms with van der Waals surface area (Å²) < 4.78 is 1.14. The number of aromatic hydroxyl groups is 1. The predicted octanol–water partition coefficient (Wildman–Crippen LogP) is 3.03. The number of hydrogen-bond donors (Lipinski definition) is 3. The summed E-state index contributed by atoms with van der Waals surface area (Å²) in [6.07, 6.45) is 0. The maximum Gasteiger partial charge on any atom is 0.317 e. The fourth-order valence-electron chi connectivity index (χ4n) is 2.98. The molecule has 0 aliphatic carbocycles. The summed E-state index contributed by atoms with van der Waals surface area (Å²) in [7, 11) is 0. The predicted molar refractivity (Wildman–Crippen MR) is 128 cm³/mol. The van der Waals surface area contributed by atoms with Gasteiger partial charge in [-0.3, -0.25) is 15.1 Å². The first-order valence-electron chi connectivity index (χ1n) is 8.95. The molecule has 10 heteroatoms. The summed E-state index contributed by atoms with van der Waals surface area (Å²) in [5.74, 6) is -0.605. The van der Waals surface area contributed by atoms with Crippen molar-refractivity contribution < 1.29 is 15.0 Å². The molecule has 2 aromatic rings. The van der Waals surface area contributed by atoms with Gasteiger partial charge in [0.25, 0.3) is 0 Å². The van der Waals surface area contributed by atoms with Crippen molar-refractivity contribution in [2.24, 2.45) is 5.10 Å². The number of nitrogens with one attached hydrogen (secondary N) is 1. The van der Waals surface area contributed by atoms with Crippen LogP contribution in [0, 0.1) is 3.57 Å². The third-order valence-electron chi connectivity index (χ3n) is 4.60. The molecule has 0 amide bonds. The van der Waals surface area contributed by atoms with Crippen LogP contribution in [0.25, 0.3) is 10.4 Å². The lowest BCUT2D eigenvalue weighted by Gasteiger charge is -2.34. The van der Waals surface area contributed by atoms with Gasteiger partial charge in [-0.1, -0.05) is 12.1 Å². The number of hydrogen-bond acceptors (Lipinski definition) is 6. The number of aliphatic carboxylic acids is 1. The van der Waals surface area contributed by atoms with Crippen LogP contribution in [-0.2, 0) is 4.79 Å². The zero-order valence-corrected chi connectivity index (χ0v) is 19.6. The van der Waals surface area contributed by atoms with E-state index in [-0.39, 0.29) is 12.3 Å². The number of nitrogens with zero attached hydrogens (tertiary/aromatic N) is 3. The highest BCUT2D eigenvalue weighted by Gasteiger charge is 2.20. The van der Waals surface area contributed by atoms with Crippen molar-refractivity contribution in [2.45, 2.75) is 6.92 Å². The monoisotopic (exact) mass is 544 g/mol. The number of hydrazone groups is 1. The first kappa shape index (κ1) is 21.9. The van der Waals surface area contributed by atoms with Gasteiger partial charge in [-0.2, -0.15) is 5.10 Å². The fraction of sp³-hybridized carbons (Fsp3) is 0.316. The maximum absolute atomic E-state index is 10.8. The van der Waals surface area contributed by atoms with Gasteiger partial charge in [-0.25, -0.2) is 0 Å². The van der Waals surface area contributed by atoms with Crippen LogP contribution in [0.1, 0.15) is 12.5 Å². The van der Waals surface area contributed by atoms with Gasteiger partial charge in [0.1, 0.15) is 5.75 Å². The zero-order valence-electron chi connectivity index (χ0n) is 15.8. The van der Waals surface area contributed by atoms with Crippen LogP contribution in [-0.4, -0.2) is 69.5 Å². The van der Waals surface area contributed by atoms with Crippen molar-refractivity contribution in [3.63, 3.8) is 0 Å². The second-order valence-corrected chi connectivity index (χ2v) is 9.12. The first-order chi connectivity index (χ1) is 13.8. The van der Waals surface area contributed by atoms with Gasteiger partial charge in [-0.05, 0) is 59.4 Å². The molecule has 0 radical (unpaired) electrons. The van der Waals surface area contributed by atoms with Crippen LogP contribution in [0.4, 0.5) is 0 Å². The molecule has 154 valence electrons. The lowest BCUT2D eigenvalue weighted by Crippen LogP contribution is -2.51. The van der Waals surface area contributed by atoms with E-state index in [9.17, 15) is 9.90 Å². The molecule has 29 heavy (non-hydrogen) atoms. The number of halogens is 1. The Morgan fingerprint density at radius 3 is 2.55 bits per heavy atom. The number of thiocarbonyl (C=S) groups is 1. The molecule has 1 aromatic heterocycles. The minimum absolute atomic E-state index is 0.0472. The van der Waals surface area contributed by atoms with Crippen LogP contribution >= 0.6 is 46.1 Å². The molecule has 1 aliphatic rings. The SMILES string of the molecule is C/C(=N\NC(=S)N1CCN(CC(=O)O)CC1)c1csc(-c2ccc(I)cc2)c1O. The molecule has 3 N–H and O–H groups in total. The van der Waals surface area contributed by atoms with E-state index in [1.54, 1.807) is 0 Å². The van der Waals surface area contributed by atoms with Crippen molar-refractivity contribution in [3.8, 4) is 16.2 Å². The maximum atomic E-state index is 10.8. The number of benzene rings is 1. The smallest absolute Gasteiger partial charge is 0.317 e. The molecule has 0 bridgehead atoms. The van der Waals surface area contributed by atoms with Crippen molar-refractivity contribution in [1.29, 1.82) is 0 Å². The number of carbonyl (C=O) groups is 1. The molecule has 2 heterocycles. The Labute approximate surface area is 192 Å². The standard InChI is InChI=1S/C19H21IN4O3S2/c1-12(15-11-29-18(17(15)27)13-2-4-14(20)5-3-13)21-22-19(28)24-8-6-23(7-9-24)10-16(25)26/h2-5,11,27H,6-10H2,1H3,(H,22,28)(H,25,26)/b21-12+. The van der Waals surface area contributed by atoms with Crippen LogP contribution in [0.3, 0.4) is 0 Å². The van der Waals surface area contributed by atoms with E-state index in [4.69, 9.17) is 17.3 Å². The van der Waals surface area contributed by atoms with E-state index in [1.807, 2.05) is 46.4 Å². The number of carboxylic acids is 1. The molecule has 7 nitrogen and oxygen atoms in total. The fourth-order valence-corrected chi connectivity index (χ4v) is 4.58. The Balaban J connectivity index is 1.61. The summed E-state index contributed by atoms with van der Waals surface area (Å²) in [4.78, 5) is 15.5. The molecule has 0 saturated carbocycles. The minimum Gasteiger partial charge on any atom is -0.506 e. The molecule has 3 rings (SSSR count). The highest BCUT2D eigenvalue weighted by atomic mass is 127. The highest BCUT2D eigenvalue weighted by Crippen LogP contribution is 2.38. The van der Waals surface area contributed by atoms with Gasteiger partial charge < -0.3 is 15.1 Å². The molecule has 1 fully saturated rings. The van der Waals surface area contributed by atoms with Crippen molar-refractivity contribution in [2.75, 3.05) is 32.7 Å². The lowest BCUT2D eigenvalue weighted by atomic mass is 10.1. The summed E-state index contributed by atoms with van der Waals surface area (Å²) in [5, 5.41) is 26.2. The van der Waals surface area contributed by atoms with Gasteiger partial charge in [0, 0.05) is 35.1 Å². The number of thiophene rings is 1. The van der Waals surface area contributed by atoms with Crippen LogP contribution in [0.5, 0.6) is 5.75 Å². The average Bonchev–Trinajstić information content (AvgIpc) is 3.08. The Hall–Kier alpha value is -1.76. The average molecular weight is 544 g/mol. The lowest BCUT2D eigenvalue weighted by molar-refractivity contribution is -0.138. The summed E-state index contributed by atoms with van der Waals surface area (Å²) in [6.45, 7) is 4.44. The second-order valence-electron chi connectivity index (χ2n) is 6.61. The van der Waals surface area contributed by atoms with E-state index >= 15 is 0 Å². The summed E-state index contributed by atoms with van der Waals surface area (Å²) >= 11 is 9.13. The highest BCUT2D eigenvalue weighted by molar-refractivity contribution is 14.1. The van der Waals surface area contributed by atoms with Gasteiger partial charge >= 0.3 is 5.97 Å². The molecule has 1 aromatic carbocycles. The summed E-state index contributed by atoms with van der Waals surface area (Å²) in [6, 6.07) is 7.99. The molecular formula is C19H21IN4O3S2. The van der Waals surface area contributed by atoms with Crippen molar-refractivity contribution in [3.05, 3.63) is 38.8 Å². The molecule has 0 atom stereocenters. The zero-order chi connectivity index (χ0) is 21.0. The van der Waals surface area contributed by atoms with Crippen LogP contribution < -0.4 is 5.43 Å².